The molecule has 0 fully saturated rings. The Morgan fingerprint density at radius 3 is 2.20 bits per heavy atom. The molecule has 1 heterocycles. The van der Waals surface area contributed by atoms with Gasteiger partial charge in [0.05, 0.1) is 5.69 Å². The van der Waals surface area contributed by atoms with Crippen LogP contribution in [0.4, 0.5) is 0 Å². The summed E-state index contributed by atoms with van der Waals surface area (Å²) >= 11 is 0. The second kappa shape index (κ2) is 4.93. The minimum Gasteiger partial charge on any atom is -0.215 e. The standard InChI is InChI=1S/C17H17N3/c1-12-9-13(2)16(14(3)10-12)20-17(18-11-19-20)15-7-5-4-6-8-15/h4-11H,1-3H3. The molecule has 0 aliphatic rings. The van der Waals surface area contributed by atoms with Crippen molar-refractivity contribution in [3.63, 3.8) is 0 Å². The van der Waals surface area contributed by atoms with Crippen LogP contribution < -0.4 is 0 Å². The van der Waals surface area contributed by atoms with Crippen molar-refractivity contribution in [2.24, 2.45) is 0 Å². The first kappa shape index (κ1) is 12.6. The maximum atomic E-state index is 4.42. The molecule has 3 aromatic rings. The molecule has 20 heavy (non-hydrogen) atoms. The van der Waals surface area contributed by atoms with Crippen LogP contribution in [-0.2, 0) is 0 Å². The average Bonchev–Trinajstić information content (AvgIpc) is 2.87. The van der Waals surface area contributed by atoms with Crippen molar-refractivity contribution in [3.8, 4) is 17.1 Å². The highest BCUT2D eigenvalue weighted by Crippen LogP contribution is 2.25. The summed E-state index contributed by atoms with van der Waals surface area (Å²) < 4.78 is 1.93. The Labute approximate surface area is 118 Å². The van der Waals surface area contributed by atoms with Gasteiger partial charge in [-0.25, -0.2) is 9.67 Å². The van der Waals surface area contributed by atoms with Crippen LogP contribution in [0.15, 0.2) is 48.8 Å². The lowest BCUT2D eigenvalue weighted by Gasteiger charge is -2.13. The Kier molecular flexibility index (Phi) is 3.11. The van der Waals surface area contributed by atoms with E-state index in [1.807, 2.05) is 22.9 Å². The summed E-state index contributed by atoms with van der Waals surface area (Å²) in [4.78, 5) is 4.42. The summed E-state index contributed by atoms with van der Waals surface area (Å²) in [5.74, 6) is 0.876. The number of nitrogens with zero attached hydrogens (tertiary/aromatic N) is 3. The summed E-state index contributed by atoms with van der Waals surface area (Å²) in [6, 6.07) is 14.5. The number of hydrogen-bond acceptors (Lipinski definition) is 2. The van der Waals surface area contributed by atoms with Crippen LogP contribution in [-0.4, -0.2) is 14.8 Å². The maximum absolute atomic E-state index is 4.42. The number of aromatic nitrogens is 3. The van der Waals surface area contributed by atoms with Gasteiger partial charge in [0.25, 0.3) is 0 Å². The lowest BCUT2D eigenvalue weighted by Crippen LogP contribution is -2.04. The molecule has 0 spiro atoms. The summed E-state index contributed by atoms with van der Waals surface area (Å²) in [6.07, 6.45) is 1.61. The molecule has 0 saturated carbocycles. The molecule has 0 aliphatic carbocycles. The lowest BCUT2D eigenvalue weighted by molar-refractivity contribution is 0.870. The van der Waals surface area contributed by atoms with Crippen LogP contribution in [0.2, 0.25) is 0 Å². The van der Waals surface area contributed by atoms with Crippen LogP contribution in [0.1, 0.15) is 16.7 Å². The second-order valence-corrected chi connectivity index (χ2v) is 5.11. The third-order valence-electron chi connectivity index (χ3n) is 3.43. The number of rotatable bonds is 2. The zero-order valence-corrected chi connectivity index (χ0v) is 12.0. The third kappa shape index (κ3) is 2.11. The van der Waals surface area contributed by atoms with Gasteiger partial charge in [0.2, 0.25) is 0 Å². The minimum atomic E-state index is 0.876. The first-order chi connectivity index (χ1) is 9.66. The van der Waals surface area contributed by atoms with E-state index in [0.717, 1.165) is 17.1 Å². The Bertz CT molecular complexity index is 719. The van der Waals surface area contributed by atoms with Crippen molar-refractivity contribution in [2.45, 2.75) is 20.8 Å². The van der Waals surface area contributed by atoms with E-state index in [2.05, 4.69) is 55.1 Å². The van der Waals surface area contributed by atoms with Crippen LogP contribution in [0.3, 0.4) is 0 Å². The molecule has 0 bridgehead atoms. The molecule has 0 N–H and O–H groups in total. The molecule has 3 heteroatoms. The third-order valence-corrected chi connectivity index (χ3v) is 3.43. The molecular formula is C17H17N3. The van der Waals surface area contributed by atoms with Gasteiger partial charge < -0.3 is 0 Å². The van der Waals surface area contributed by atoms with Crippen LogP contribution in [0.5, 0.6) is 0 Å². The van der Waals surface area contributed by atoms with Crippen LogP contribution >= 0.6 is 0 Å². The van der Waals surface area contributed by atoms with Gasteiger partial charge in [-0.15, -0.1) is 0 Å². The molecule has 0 unspecified atom stereocenters. The molecular weight excluding hydrogens is 246 g/mol. The summed E-state index contributed by atoms with van der Waals surface area (Å²) in [7, 11) is 0. The normalized spacial score (nSPS) is 10.8. The predicted octanol–water partition coefficient (Wildman–Crippen LogP) is 3.86. The maximum Gasteiger partial charge on any atom is 0.163 e. The fourth-order valence-corrected chi connectivity index (χ4v) is 2.70. The molecule has 3 rings (SSSR count). The molecule has 0 amide bonds. The van der Waals surface area contributed by atoms with Gasteiger partial charge >= 0.3 is 0 Å². The largest absolute Gasteiger partial charge is 0.215 e. The smallest absolute Gasteiger partial charge is 0.163 e. The van der Waals surface area contributed by atoms with Gasteiger partial charge in [0, 0.05) is 5.56 Å². The number of hydrogen-bond donors (Lipinski definition) is 0. The first-order valence-corrected chi connectivity index (χ1v) is 6.70. The number of aryl methyl sites for hydroxylation is 3. The fraction of sp³-hybridized carbons (Fsp3) is 0.176. The van der Waals surface area contributed by atoms with E-state index < -0.39 is 0 Å². The predicted molar refractivity (Wildman–Crippen MR) is 81.0 cm³/mol. The second-order valence-electron chi connectivity index (χ2n) is 5.11. The quantitative estimate of drug-likeness (QED) is 0.703. The highest BCUT2D eigenvalue weighted by molar-refractivity contribution is 5.60. The molecule has 2 aromatic carbocycles. The first-order valence-electron chi connectivity index (χ1n) is 6.70. The molecule has 3 nitrogen and oxygen atoms in total. The van der Waals surface area contributed by atoms with E-state index in [4.69, 9.17) is 0 Å². The van der Waals surface area contributed by atoms with E-state index in [-0.39, 0.29) is 0 Å². The van der Waals surface area contributed by atoms with Crippen LogP contribution in [0.25, 0.3) is 17.1 Å². The highest BCUT2D eigenvalue weighted by Gasteiger charge is 2.13. The van der Waals surface area contributed by atoms with Gasteiger partial charge in [-0.2, -0.15) is 5.10 Å². The topological polar surface area (TPSA) is 30.7 Å². The van der Waals surface area contributed by atoms with Crippen molar-refractivity contribution in [3.05, 3.63) is 65.5 Å². The fourth-order valence-electron chi connectivity index (χ4n) is 2.70. The summed E-state index contributed by atoms with van der Waals surface area (Å²) in [6.45, 7) is 6.35. The van der Waals surface area contributed by atoms with Gasteiger partial charge in [-0.05, 0) is 31.9 Å². The highest BCUT2D eigenvalue weighted by atomic mass is 15.3. The molecule has 0 saturated heterocycles. The Balaban J connectivity index is 2.21. The SMILES string of the molecule is Cc1cc(C)c(-n2ncnc2-c2ccccc2)c(C)c1. The van der Waals surface area contributed by atoms with Crippen LogP contribution in [0, 0.1) is 20.8 Å². The monoisotopic (exact) mass is 263 g/mol. The van der Waals surface area contributed by atoms with E-state index in [9.17, 15) is 0 Å². The minimum absolute atomic E-state index is 0.876. The molecule has 0 atom stereocenters. The van der Waals surface area contributed by atoms with Crippen molar-refractivity contribution < 1.29 is 0 Å². The van der Waals surface area contributed by atoms with E-state index >= 15 is 0 Å². The Morgan fingerprint density at radius 2 is 1.55 bits per heavy atom. The van der Waals surface area contributed by atoms with Gasteiger partial charge in [-0.3, -0.25) is 0 Å². The van der Waals surface area contributed by atoms with Crippen molar-refractivity contribution in [1.82, 2.24) is 14.8 Å². The summed E-state index contributed by atoms with van der Waals surface area (Å²) in [5.41, 5.74) is 5.89. The van der Waals surface area contributed by atoms with Crippen molar-refractivity contribution >= 4 is 0 Å². The molecule has 100 valence electrons. The Hall–Kier alpha value is -2.42. The van der Waals surface area contributed by atoms with Gasteiger partial charge in [-0.1, -0.05) is 48.0 Å². The zero-order valence-electron chi connectivity index (χ0n) is 12.0. The van der Waals surface area contributed by atoms with Crippen molar-refractivity contribution in [1.29, 1.82) is 0 Å². The molecule has 0 radical (unpaired) electrons. The molecule has 1 aromatic heterocycles. The van der Waals surface area contributed by atoms with E-state index in [1.54, 1.807) is 6.33 Å². The molecule has 0 aliphatic heterocycles. The van der Waals surface area contributed by atoms with Crippen molar-refractivity contribution in [2.75, 3.05) is 0 Å². The van der Waals surface area contributed by atoms with E-state index in [1.165, 1.54) is 16.7 Å². The van der Waals surface area contributed by atoms with Gasteiger partial charge in [0.15, 0.2) is 5.82 Å². The number of benzene rings is 2. The van der Waals surface area contributed by atoms with Gasteiger partial charge in [0.1, 0.15) is 6.33 Å². The van der Waals surface area contributed by atoms with E-state index in [0.29, 0.717) is 0 Å². The average molecular weight is 263 g/mol. The zero-order chi connectivity index (χ0) is 14.1. The lowest BCUT2D eigenvalue weighted by atomic mass is 10.0. The Morgan fingerprint density at radius 1 is 0.900 bits per heavy atom. The summed E-state index contributed by atoms with van der Waals surface area (Å²) in [5, 5.41) is 4.42.